The molecule has 0 spiro atoms. The summed E-state index contributed by atoms with van der Waals surface area (Å²) in [5.41, 5.74) is 2.11. The number of rotatable bonds is 7. The Balaban J connectivity index is 1.63. The minimum atomic E-state index is -0.377. The second kappa shape index (κ2) is 9.29. The number of carbonyl (C=O) groups excluding carboxylic acids is 2. The number of benzene rings is 1. The zero-order valence-electron chi connectivity index (χ0n) is 13.7. The van der Waals surface area contributed by atoms with Crippen molar-refractivity contribution in [2.45, 2.75) is 19.4 Å². The molecule has 0 unspecified atom stereocenters. The van der Waals surface area contributed by atoms with Crippen LogP contribution in [0.4, 0.5) is 4.79 Å². The molecular formula is C18H22N4O2. The molecule has 0 saturated carbocycles. The van der Waals surface area contributed by atoms with Crippen molar-refractivity contribution in [1.29, 1.82) is 0 Å². The van der Waals surface area contributed by atoms with Crippen LogP contribution in [-0.2, 0) is 11.2 Å². The van der Waals surface area contributed by atoms with Crippen LogP contribution in [0, 0.1) is 0 Å². The maximum absolute atomic E-state index is 11.8. The number of nitrogens with one attached hydrogen (secondary N) is 3. The van der Waals surface area contributed by atoms with Gasteiger partial charge in [-0.15, -0.1) is 0 Å². The normalized spacial score (nSPS) is 11.4. The highest BCUT2D eigenvalue weighted by molar-refractivity contribution is 5.84. The molecule has 1 atom stereocenters. The molecular weight excluding hydrogens is 304 g/mol. The van der Waals surface area contributed by atoms with Crippen molar-refractivity contribution in [3.63, 3.8) is 0 Å². The Bertz CT molecular complexity index is 647. The minimum Gasteiger partial charge on any atom is -0.354 e. The standard InChI is InChI=1S/C18H22N4O2/c1-14(16-8-10-19-11-9-16)22-18(24)21-13-17(23)20-12-7-15-5-3-2-4-6-15/h2-6,8-11,14H,7,12-13H2,1H3,(H,20,23)(H2,21,22,24)/t14-/m1/s1. The van der Waals surface area contributed by atoms with Crippen LogP contribution in [-0.4, -0.2) is 30.0 Å². The molecule has 1 aromatic heterocycles. The quantitative estimate of drug-likeness (QED) is 0.725. The molecule has 6 nitrogen and oxygen atoms in total. The van der Waals surface area contributed by atoms with Gasteiger partial charge in [-0.2, -0.15) is 0 Å². The molecule has 6 heteroatoms. The first-order valence-electron chi connectivity index (χ1n) is 7.90. The molecule has 126 valence electrons. The van der Waals surface area contributed by atoms with Crippen molar-refractivity contribution in [1.82, 2.24) is 20.9 Å². The van der Waals surface area contributed by atoms with E-state index in [0.717, 1.165) is 17.5 Å². The zero-order chi connectivity index (χ0) is 17.2. The first-order valence-corrected chi connectivity index (χ1v) is 7.90. The number of amides is 3. The van der Waals surface area contributed by atoms with Crippen LogP contribution in [0.15, 0.2) is 54.9 Å². The fourth-order valence-corrected chi connectivity index (χ4v) is 2.20. The predicted octanol–water partition coefficient (Wildman–Crippen LogP) is 1.80. The molecule has 3 N–H and O–H groups in total. The number of hydrogen-bond donors (Lipinski definition) is 3. The van der Waals surface area contributed by atoms with E-state index in [1.54, 1.807) is 12.4 Å². The maximum Gasteiger partial charge on any atom is 0.315 e. The van der Waals surface area contributed by atoms with Gasteiger partial charge >= 0.3 is 6.03 Å². The van der Waals surface area contributed by atoms with Gasteiger partial charge in [0, 0.05) is 18.9 Å². The van der Waals surface area contributed by atoms with Crippen LogP contribution in [0.1, 0.15) is 24.1 Å². The molecule has 2 aromatic rings. The lowest BCUT2D eigenvalue weighted by Gasteiger charge is -2.14. The van der Waals surface area contributed by atoms with Gasteiger partial charge in [0.15, 0.2) is 0 Å². The summed E-state index contributed by atoms with van der Waals surface area (Å²) in [5, 5.41) is 8.11. The third-order valence-electron chi connectivity index (χ3n) is 3.54. The highest BCUT2D eigenvalue weighted by Gasteiger charge is 2.10. The summed E-state index contributed by atoms with van der Waals surface area (Å²) < 4.78 is 0. The van der Waals surface area contributed by atoms with E-state index in [0.29, 0.717) is 6.54 Å². The molecule has 0 aliphatic heterocycles. The highest BCUT2D eigenvalue weighted by Crippen LogP contribution is 2.09. The van der Waals surface area contributed by atoms with E-state index < -0.39 is 0 Å². The van der Waals surface area contributed by atoms with Crippen LogP contribution < -0.4 is 16.0 Å². The lowest BCUT2D eigenvalue weighted by atomic mass is 10.1. The Kier molecular flexibility index (Phi) is 6.76. The van der Waals surface area contributed by atoms with Gasteiger partial charge in [0.2, 0.25) is 5.91 Å². The monoisotopic (exact) mass is 326 g/mol. The lowest BCUT2D eigenvalue weighted by Crippen LogP contribution is -2.43. The molecule has 0 aliphatic rings. The second-order valence-electron chi connectivity index (χ2n) is 5.41. The summed E-state index contributed by atoms with van der Waals surface area (Å²) in [6, 6.07) is 13.0. The van der Waals surface area contributed by atoms with Crippen LogP contribution in [0.25, 0.3) is 0 Å². The van der Waals surface area contributed by atoms with Gasteiger partial charge in [0.1, 0.15) is 0 Å². The van der Waals surface area contributed by atoms with Gasteiger partial charge in [-0.25, -0.2) is 4.79 Å². The molecule has 0 fully saturated rings. The summed E-state index contributed by atoms with van der Waals surface area (Å²) in [7, 11) is 0. The summed E-state index contributed by atoms with van der Waals surface area (Å²) in [6.45, 7) is 2.36. The fraction of sp³-hybridized carbons (Fsp3) is 0.278. The third-order valence-corrected chi connectivity index (χ3v) is 3.54. The van der Waals surface area contributed by atoms with Gasteiger partial charge in [0.25, 0.3) is 0 Å². The minimum absolute atomic E-state index is 0.0519. The van der Waals surface area contributed by atoms with E-state index in [1.165, 1.54) is 0 Å². The van der Waals surface area contributed by atoms with Crippen molar-refractivity contribution in [3.8, 4) is 0 Å². The molecule has 2 rings (SSSR count). The average Bonchev–Trinajstić information content (AvgIpc) is 2.61. The van der Waals surface area contributed by atoms with Gasteiger partial charge in [-0.1, -0.05) is 30.3 Å². The largest absolute Gasteiger partial charge is 0.354 e. The van der Waals surface area contributed by atoms with Crippen molar-refractivity contribution in [2.24, 2.45) is 0 Å². The summed E-state index contributed by atoms with van der Waals surface area (Å²) in [4.78, 5) is 27.5. The van der Waals surface area contributed by atoms with E-state index in [4.69, 9.17) is 0 Å². The molecule has 24 heavy (non-hydrogen) atoms. The molecule has 0 radical (unpaired) electrons. The Morgan fingerprint density at radius 1 is 1.04 bits per heavy atom. The van der Waals surface area contributed by atoms with Gasteiger partial charge in [-0.3, -0.25) is 9.78 Å². The van der Waals surface area contributed by atoms with Gasteiger partial charge in [-0.05, 0) is 36.6 Å². The van der Waals surface area contributed by atoms with Crippen molar-refractivity contribution in [3.05, 3.63) is 66.0 Å². The third kappa shape index (κ3) is 6.08. The van der Waals surface area contributed by atoms with Crippen molar-refractivity contribution >= 4 is 11.9 Å². The Morgan fingerprint density at radius 2 is 1.75 bits per heavy atom. The number of urea groups is 1. The first-order chi connectivity index (χ1) is 11.6. The summed E-state index contributed by atoms with van der Waals surface area (Å²) in [5.74, 6) is -0.211. The zero-order valence-corrected chi connectivity index (χ0v) is 13.7. The summed E-state index contributed by atoms with van der Waals surface area (Å²) >= 11 is 0. The van der Waals surface area contributed by atoms with E-state index in [9.17, 15) is 9.59 Å². The van der Waals surface area contributed by atoms with E-state index in [-0.39, 0.29) is 24.5 Å². The molecule has 1 aromatic carbocycles. The fourth-order valence-electron chi connectivity index (χ4n) is 2.20. The van der Waals surface area contributed by atoms with Gasteiger partial charge < -0.3 is 16.0 Å². The van der Waals surface area contributed by atoms with E-state index >= 15 is 0 Å². The van der Waals surface area contributed by atoms with Crippen LogP contribution in [0.5, 0.6) is 0 Å². The van der Waals surface area contributed by atoms with Crippen molar-refractivity contribution in [2.75, 3.05) is 13.1 Å². The number of aromatic nitrogens is 1. The smallest absolute Gasteiger partial charge is 0.315 e. The highest BCUT2D eigenvalue weighted by atomic mass is 16.2. The first kappa shape index (κ1) is 17.5. The lowest BCUT2D eigenvalue weighted by molar-refractivity contribution is -0.120. The Hall–Kier alpha value is -2.89. The summed E-state index contributed by atoms with van der Waals surface area (Å²) in [6.07, 6.45) is 4.11. The van der Waals surface area contributed by atoms with Crippen LogP contribution in [0.3, 0.4) is 0 Å². The van der Waals surface area contributed by atoms with Crippen LogP contribution in [0.2, 0.25) is 0 Å². The Labute approximate surface area is 141 Å². The molecule has 3 amide bonds. The van der Waals surface area contributed by atoms with E-state index in [2.05, 4.69) is 20.9 Å². The number of carbonyl (C=O) groups is 2. The number of nitrogens with zero attached hydrogens (tertiary/aromatic N) is 1. The Morgan fingerprint density at radius 3 is 2.46 bits per heavy atom. The average molecular weight is 326 g/mol. The topological polar surface area (TPSA) is 83.1 Å². The number of pyridine rings is 1. The molecule has 0 bridgehead atoms. The second-order valence-corrected chi connectivity index (χ2v) is 5.41. The molecule has 1 heterocycles. The number of hydrogen-bond acceptors (Lipinski definition) is 3. The van der Waals surface area contributed by atoms with E-state index in [1.807, 2.05) is 49.4 Å². The van der Waals surface area contributed by atoms with Crippen molar-refractivity contribution < 1.29 is 9.59 Å². The molecule has 0 aliphatic carbocycles. The SMILES string of the molecule is C[C@@H](NC(=O)NCC(=O)NCCc1ccccc1)c1ccncc1. The van der Waals surface area contributed by atoms with Gasteiger partial charge in [0.05, 0.1) is 12.6 Å². The maximum atomic E-state index is 11.8. The predicted molar refractivity (Wildman–Crippen MR) is 92.3 cm³/mol. The van der Waals surface area contributed by atoms with Crippen LogP contribution >= 0.6 is 0 Å². The molecule has 0 saturated heterocycles.